The molecule has 0 saturated heterocycles. The van der Waals surface area contributed by atoms with Crippen LogP contribution in [0, 0.1) is 11.3 Å². The average Bonchev–Trinajstić information content (AvgIpc) is 2.66. The van der Waals surface area contributed by atoms with Gasteiger partial charge >= 0.3 is 0 Å². The van der Waals surface area contributed by atoms with Crippen LogP contribution in [-0.2, 0) is 4.79 Å². The van der Waals surface area contributed by atoms with Crippen molar-refractivity contribution >= 4 is 45.9 Å². The first-order valence-corrected chi connectivity index (χ1v) is 9.02. The molecule has 0 fully saturated rings. The maximum atomic E-state index is 12.1. The largest absolute Gasteiger partial charge is 0.497 e. The summed E-state index contributed by atoms with van der Waals surface area (Å²) in [5.74, 6) is 0.662. The number of methoxy groups -OCH3 is 1. The van der Waals surface area contributed by atoms with Crippen molar-refractivity contribution < 1.29 is 9.53 Å². The number of benzene rings is 2. The fourth-order valence-corrected chi connectivity index (χ4v) is 3.21. The van der Waals surface area contributed by atoms with E-state index in [1.54, 1.807) is 37.4 Å². The number of halogens is 1. The van der Waals surface area contributed by atoms with Crippen LogP contribution < -0.4 is 10.1 Å². The van der Waals surface area contributed by atoms with E-state index in [1.165, 1.54) is 11.8 Å². The molecule has 1 N–H and O–H groups in total. The molecule has 0 saturated carbocycles. The van der Waals surface area contributed by atoms with Gasteiger partial charge < -0.3 is 10.1 Å². The van der Waals surface area contributed by atoms with E-state index in [1.807, 2.05) is 18.2 Å². The summed E-state index contributed by atoms with van der Waals surface area (Å²) in [5.41, 5.74) is 1.83. The molecule has 0 aliphatic carbocycles. The van der Waals surface area contributed by atoms with Gasteiger partial charge in [-0.15, -0.1) is 0 Å². The lowest BCUT2D eigenvalue weighted by Crippen LogP contribution is -2.14. The first-order chi connectivity index (χ1) is 12.6. The van der Waals surface area contributed by atoms with E-state index in [4.69, 9.17) is 16.3 Å². The molecule has 130 valence electrons. The quantitative estimate of drug-likeness (QED) is 0.656. The van der Waals surface area contributed by atoms with Crippen LogP contribution in [0.4, 0.5) is 5.69 Å². The number of nitrogens with one attached hydrogen (secondary N) is 1. The van der Waals surface area contributed by atoms with Gasteiger partial charge in [0.25, 0.3) is 0 Å². The molecule has 5 nitrogen and oxygen atoms in total. The van der Waals surface area contributed by atoms with Gasteiger partial charge in [-0.05, 0) is 48.5 Å². The third-order valence-corrected chi connectivity index (χ3v) is 4.82. The molecular weight excluding hydrogens is 370 g/mol. The lowest BCUT2D eigenvalue weighted by molar-refractivity contribution is -0.113. The standard InChI is InChI=1S/C19H14ClN3O2S/c1-25-16-6-7-17-12(9-16)8-13(10-21)19(23-17)26-11-18(24)22-15-4-2-14(20)3-5-15/h2-9H,11H2,1H3,(H,22,24). The van der Waals surface area contributed by atoms with Crippen LogP contribution in [0.15, 0.2) is 53.6 Å². The number of ether oxygens (including phenoxy) is 1. The Hall–Kier alpha value is -2.75. The molecule has 0 aliphatic heterocycles. The molecule has 1 amide bonds. The number of fused-ring (bicyclic) bond motifs is 1. The Balaban J connectivity index is 1.74. The minimum Gasteiger partial charge on any atom is -0.497 e. The molecule has 2 aromatic carbocycles. The SMILES string of the molecule is COc1ccc2nc(SCC(=O)Nc3ccc(Cl)cc3)c(C#N)cc2c1. The number of amides is 1. The predicted octanol–water partition coefficient (Wildman–Crippen LogP) is 4.50. The van der Waals surface area contributed by atoms with E-state index in [0.29, 0.717) is 27.0 Å². The number of hydrogen-bond acceptors (Lipinski definition) is 5. The van der Waals surface area contributed by atoms with Crippen molar-refractivity contribution in [3.05, 3.63) is 59.1 Å². The fraction of sp³-hybridized carbons (Fsp3) is 0.105. The van der Waals surface area contributed by atoms with Gasteiger partial charge in [0.15, 0.2) is 0 Å². The van der Waals surface area contributed by atoms with Gasteiger partial charge in [-0.2, -0.15) is 5.26 Å². The Kier molecular flexibility index (Phi) is 5.61. The highest BCUT2D eigenvalue weighted by molar-refractivity contribution is 8.00. The van der Waals surface area contributed by atoms with Crippen molar-refractivity contribution in [3.8, 4) is 11.8 Å². The molecule has 1 heterocycles. The van der Waals surface area contributed by atoms with Crippen molar-refractivity contribution in [1.29, 1.82) is 5.26 Å². The summed E-state index contributed by atoms with van der Waals surface area (Å²) in [7, 11) is 1.59. The minimum absolute atomic E-state index is 0.145. The van der Waals surface area contributed by atoms with Gasteiger partial charge in [-0.1, -0.05) is 23.4 Å². The molecule has 0 atom stereocenters. The predicted molar refractivity (Wildman–Crippen MR) is 104 cm³/mol. The van der Waals surface area contributed by atoms with E-state index in [-0.39, 0.29) is 11.7 Å². The number of pyridine rings is 1. The topological polar surface area (TPSA) is 75.0 Å². The molecular formula is C19H14ClN3O2S. The summed E-state index contributed by atoms with van der Waals surface area (Å²) < 4.78 is 5.19. The Morgan fingerprint density at radius 2 is 2.04 bits per heavy atom. The molecule has 1 aromatic heterocycles. The second kappa shape index (κ2) is 8.09. The van der Waals surface area contributed by atoms with Crippen LogP contribution in [0.3, 0.4) is 0 Å². The summed E-state index contributed by atoms with van der Waals surface area (Å²) in [6, 6.07) is 16.2. The number of carbonyl (C=O) groups is 1. The summed E-state index contributed by atoms with van der Waals surface area (Å²) in [5, 5.41) is 14.1. The maximum Gasteiger partial charge on any atom is 0.234 e. The Labute approximate surface area is 159 Å². The summed E-state index contributed by atoms with van der Waals surface area (Å²) in [6.45, 7) is 0. The lowest BCUT2D eigenvalue weighted by Gasteiger charge is -2.08. The number of aromatic nitrogens is 1. The van der Waals surface area contributed by atoms with Gasteiger partial charge in [0.1, 0.15) is 16.8 Å². The molecule has 0 unspecified atom stereocenters. The fourth-order valence-electron chi connectivity index (χ4n) is 2.32. The number of rotatable bonds is 5. The smallest absolute Gasteiger partial charge is 0.234 e. The third kappa shape index (κ3) is 4.26. The number of thioether (sulfide) groups is 1. The van der Waals surface area contributed by atoms with Gasteiger partial charge in [0.05, 0.1) is 23.9 Å². The monoisotopic (exact) mass is 383 g/mol. The van der Waals surface area contributed by atoms with Crippen LogP contribution in [-0.4, -0.2) is 23.8 Å². The number of carbonyl (C=O) groups excluding carboxylic acids is 1. The minimum atomic E-state index is -0.183. The molecule has 3 rings (SSSR count). The van der Waals surface area contributed by atoms with E-state index in [0.717, 1.165) is 10.9 Å². The molecule has 7 heteroatoms. The number of hydrogen-bond donors (Lipinski definition) is 1. The Morgan fingerprint density at radius 1 is 1.27 bits per heavy atom. The second-order valence-corrected chi connectivity index (χ2v) is 6.76. The van der Waals surface area contributed by atoms with E-state index >= 15 is 0 Å². The average molecular weight is 384 g/mol. The van der Waals surface area contributed by atoms with Gasteiger partial charge in [0, 0.05) is 16.1 Å². The van der Waals surface area contributed by atoms with Gasteiger partial charge in [-0.3, -0.25) is 4.79 Å². The van der Waals surface area contributed by atoms with Crippen LogP contribution >= 0.6 is 23.4 Å². The number of nitriles is 1. The number of anilines is 1. The van der Waals surface area contributed by atoms with Crippen molar-refractivity contribution in [2.45, 2.75) is 5.03 Å². The maximum absolute atomic E-state index is 12.1. The van der Waals surface area contributed by atoms with Crippen molar-refractivity contribution in [2.75, 3.05) is 18.2 Å². The van der Waals surface area contributed by atoms with Crippen molar-refractivity contribution in [3.63, 3.8) is 0 Å². The van der Waals surface area contributed by atoms with Gasteiger partial charge in [-0.25, -0.2) is 4.98 Å². The zero-order valence-electron chi connectivity index (χ0n) is 13.8. The molecule has 0 aliphatic rings. The Bertz CT molecular complexity index is 1000. The molecule has 0 bridgehead atoms. The van der Waals surface area contributed by atoms with E-state index in [9.17, 15) is 10.1 Å². The highest BCUT2D eigenvalue weighted by Crippen LogP contribution is 2.27. The molecule has 0 spiro atoms. The van der Waals surface area contributed by atoms with Crippen molar-refractivity contribution in [2.24, 2.45) is 0 Å². The number of nitrogens with zero attached hydrogens (tertiary/aromatic N) is 2. The summed E-state index contributed by atoms with van der Waals surface area (Å²) in [4.78, 5) is 16.6. The first-order valence-electron chi connectivity index (χ1n) is 7.66. The van der Waals surface area contributed by atoms with Crippen LogP contribution in [0.2, 0.25) is 5.02 Å². The third-order valence-electron chi connectivity index (χ3n) is 3.58. The van der Waals surface area contributed by atoms with Gasteiger partial charge in [0.2, 0.25) is 5.91 Å². The van der Waals surface area contributed by atoms with Crippen molar-refractivity contribution in [1.82, 2.24) is 4.98 Å². The first kappa shape index (κ1) is 18.1. The zero-order chi connectivity index (χ0) is 18.5. The van der Waals surface area contributed by atoms with Crippen LogP contribution in [0.25, 0.3) is 10.9 Å². The highest BCUT2D eigenvalue weighted by atomic mass is 35.5. The summed E-state index contributed by atoms with van der Waals surface area (Å²) >= 11 is 7.05. The summed E-state index contributed by atoms with van der Waals surface area (Å²) in [6.07, 6.45) is 0. The molecule has 0 radical (unpaired) electrons. The Morgan fingerprint density at radius 3 is 2.73 bits per heavy atom. The second-order valence-electron chi connectivity index (χ2n) is 5.36. The normalized spacial score (nSPS) is 10.3. The zero-order valence-corrected chi connectivity index (χ0v) is 15.4. The molecule has 3 aromatic rings. The van der Waals surface area contributed by atoms with E-state index in [2.05, 4.69) is 16.4 Å². The molecule has 26 heavy (non-hydrogen) atoms. The van der Waals surface area contributed by atoms with Crippen LogP contribution in [0.1, 0.15) is 5.56 Å². The van der Waals surface area contributed by atoms with Crippen LogP contribution in [0.5, 0.6) is 5.75 Å². The highest BCUT2D eigenvalue weighted by Gasteiger charge is 2.11. The lowest BCUT2D eigenvalue weighted by atomic mass is 10.1. The van der Waals surface area contributed by atoms with E-state index < -0.39 is 0 Å².